The van der Waals surface area contributed by atoms with Gasteiger partial charge in [-0.15, -0.1) is 0 Å². The number of fused-ring (bicyclic) bond motifs is 1. The third-order valence-electron chi connectivity index (χ3n) is 4.16. The number of hydrogen-bond donors (Lipinski definition) is 0. The van der Waals surface area contributed by atoms with Crippen molar-refractivity contribution in [1.29, 1.82) is 0 Å². The van der Waals surface area contributed by atoms with Crippen LogP contribution in [0, 0.1) is 0 Å². The highest BCUT2D eigenvalue weighted by Crippen LogP contribution is 2.27. The summed E-state index contributed by atoms with van der Waals surface area (Å²) >= 11 is 0. The molecule has 0 bridgehead atoms. The molecule has 9 heteroatoms. The molecule has 2 aliphatic rings. The summed E-state index contributed by atoms with van der Waals surface area (Å²) in [6, 6.07) is 1.02. The van der Waals surface area contributed by atoms with Gasteiger partial charge < -0.3 is 9.64 Å². The topological polar surface area (TPSA) is 50.6 Å². The molecule has 0 N–H and O–H groups in total. The molecule has 122 valence electrons. The van der Waals surface area contributed by atoms with Gasteiger partial charge in [-0.3, -0.25) is 14.4 Å². The van der Waals surface area contributed by atoms with E-state index in [-0.39, 0.29) is 24.6 Å². The van der Waals surface area contributed by atoms with E-state index in [0.29, 0.717) is 19.7 Å². The predicted octanol–water partition coefficient (Wildman–Crippen LogP) is 0.443. The molecule has 2 atom stereocenters. The molecule has 0 saturated carbocycles. The van der Waals surface area contributed by atoms with Gasteiger partial charge in [0.05, 0.1) is 18.8 Å². The number of amides is 1. The Bertz CT molecular complexity index is 560. The first kappa shape index (κ1) is 15.3. The lowest BCUT2D eigenvalue weighted by Gasteiger charge is -2.33. The average Bonchev–Trinajstić information content (AvgIpc) is 3.04. The standard InChI is InChI=1S/C13H17F3N4O2/c1-18-4-5-22-10-7-19(6-9(10)18)12(21)8-20-3-2-11(17-20)13(14,15)16/h2-3,9-10H,4-8H2,1H3. The van der Waals surface area contributed by atoms with Crippen molar-refractivity contribution in [2.45, 2.75) is 24.9 Å². The molecule has 2 fully saturated rings. The minimum atomic E-state index is -4.49. The predicted molar refractivity (Wildman–Crippen MR) is 70.0 cm³/mol. The summed E-state index contributed by atoms with van der Waals surface area (Å²) in [5.41, 5.74) is -0.988. The van der Waals surface area contributed by atoms with E-state index in [9.17, 15) is 18.0 Å². The van der Waals surface area contributed by atoms with E-state index in [2.05, 4.69) is 10.00 Å². The molecule has 0 aliphatic carbocycles. The van der Waals surface area contributed by atoms with E-state index in [4.69, 9.17) is 4.74 Å². The molecule has 1 aromatic heterocycles. The summed E-state index contributed by atoms with van der Waals surface area (Å²) in [6.07, 6.45) is -3.34. The largest absolute Gasteiger partial charge is 0.435 e. The molecule has 22 heavy (non-hydrogen) atoms. The van der Waals surface area contributed by atoms with Gasteiger partial charge in [-0.25, -0.2) is 0 Å². The summed E-state index contributed by atoms with van der Waals surface area (Å²) in [4.78, 5) is 16.0. The molecule has 0 radical (unpaired) electrons. The number of likely N-dealkylation sites (tertiary alicyclic amines) is 1. The van der Waals surface area contributed by atoms with Crippen molar-refractivity contribution < 1.29 is 22.7 Å². The molecule has 1 amide bonds. The zero-order chi connectivity index (χ0) is 15.9. The number of hydrogen-bond acceptors (Lipinski definition) is 4. The number of alkyl halides is 3. The molecule has 6 nitrogen and oxygen atoms in total. The van der Waals surface area contributed by atoms with Crippen LogP contribution in [0.1, 0.15) is 5.69 Å². The highest BCUT2D eigenvalue weighted by molar-refractivity contribution is 5.76. The highest BCUT2D eigenvalue weighted by Gasteiger charge is 2.40. The van der Waals surface area contributed by atoms with Crippen molar-refractivity contribution in [1.82, 2.24) is 19.6 Å². The van der Waals surface area contributed by atoms with E-state index in [1.807, 2.05) is 7.05 Å². The van der Waals surface area contributed by atoms with Gasteiger partial charge in [0.1, 0.15) is 6.54 Å². The summed E-state index contributed by atoms with van der Waals surface area (Å²) in [6.45, 7) is 2.26. The molecule has 2 saturated heterocycles. The molecule has 2 aliphatic heterocycles. The van der Waals surface area contributed by atoms with Gasteiger partial charge in [0.15, 0.2) is 5.69 Å². The second-order valence-electron chi connectivity index (χ2n) is 5.65. The smallest absolute Gasteiger partial charge is 0.373 e. The lowest BCUT2D eigenvalue weighted by atomic mass is 10.1. The first-order chi connectivity index (χ1) is 10.3. The molecule has 3 rings (SSSR count). The van der Waals surface area contributed by atoms with Gasteiger partial charge in [0.2, 0.25) is 5.91 Å². The molecule has 3 heterocycles. The van der Waals surface area contributed by atoms with Crippen LogP contribution in [-0.4, -0.2) is 70.9 Å². The SMILES string of the molecule is CN1CCOC2CN(C(=O)Cn3ccc(C(F)(F)F)n3)CC21. The maximum atomic E-state index is 12.5. The third-order valence-corrected chi connectivity index (χ3v) is 4.16. The van der Waals surface area contributed by atoms with Crippen molar-refractivity contribution in [3.8, 4) is 0 Å². The molecular weight excluding hydrogens is 301 g/mol. The second-order valence-corrected chi connectivity index (χ2v) is 5.65. The van der Waals surface area contributed by atoms with Crippen molar-refractivity contribution in [3.05, 3.63) is 18.0 Å². The van der Waals surface area contributed by atoms with Crippen LogP contribution in [0.4, 0.5) is 13.2 Å². The van der Waals surface area contributed by atoms with E-state index >= 15 is 0 Å². The lowest BCUT2D eigenvalue weighted by molar-refractivity contribution is -0.142. The Balaban J connectivity index is 1.62. The number of morpholine rings is 1. The number of carbonyl (C=O) groups excluding carboxylic acids is 1. The minimum Gasteiger partial charge on any atom is -0.373 e. The fourth-order valence-corrected chi connectivity index (χ4v) is 2.90. The van der Waals surface area contributed by atoms with Gasteiger partial charge in [-0.2, -0.15) is 18.3 Å². The number of likely N-dealkylation sites (N-methyl/N-ethyl adjacent to an activating group) is 1. The van der Waals surface area contributed by atoms with Crippen molar-refractivity contribution in [2.75, 3.05) is 33.3 Å². The van der Waals surface area contributed by atoms with E-state index in [0.717, 1.165) is 17.3 Å². The summed E-state index contributed by atoms with van der Waals surface area (Å²) < 4.78 is 44.1. The van der Waals surface area contributed by atoms with Crippen LogP contribution >= 0.6 is 0 Å². The van der Waals surface area contributed by atoms with Crippen LogP contribution < -0.4 is 0 Å². The van der Waals surface area contributed by atoms with Crippen molar-refractivity contribution in [3.63, 3.8) is 0 Å². The second kappa shape index (κ2) is 5.54. The van der Waals surface area contributed by atoms with Gasteiger partial charge >= 0.3 is 6.18 Å². The van der Waals surface area contributed by atoms with E-state index in [1.165, 1.54) is 6.20 Å². The van der Waals surface area contributed by atoms with Crippen LogP contribution in [0.15, 0.2) is 12.3 Å². The first-order valence-electron chi connectivity index (χ1n) is 7.05. The lowest BCUT2D eigenvalue weighted by Crippen LogP contribution is -2.48. The van der Waals surface area contributed by atoms with Gasteiger partial charge in [0, 0.05) is 25.8 Å². The molecule has 2 unspecified atom stereocenters. The van der Waals surface area contributed by atoms with E-state index in [1.54, 1.807) is 4.90 Å². The number of ether oxygens (including phenoxy) is 1. The number of aromatic nitrogens is 2. The first-order valence-corrected chi connectivity index (χ1v) is 7.05. The van der Waals surface area contributed by atoms with Gasteiger partial charge in [-0.05, 0) is 13.1 Å². The minimum absolute atomic E-state index is 0.0222. The summed E-state index contributed by atoms with van der Waals surface area (Å²) in [5, 5.41) is 3.40. The number of carbonyl (C=O) groups is 1. The van der Waals surface area contributed by atoms with Crippen molar-refractivity contribution >= 4 is 5.91 Å². The number of halogens is 3. The fourth-order valence-electron chi connectivity index (χ4n) is 2.90. The summed E-state index contributed by atoms with van der Waals surface area (Å²) in [7, 11) is 1.98. The normalized spacial score (nSPS) is 26.3. The number of rotatable bonds is 2. The number of nitrogens with zero attached hydrogens (tertiary/aromatic N) is 4. The van der Waals surface area contributed by atoms with Crippen LogP contribution in [0.5, 0.6) is 0 Å². The summed E-state index contributed by atoms with van der Waals surface area (Å²) in [5.74, 6) is -0.247. The van der Waals surface area contributed by atoms with Crippen molar-refractivity contribution in [2.24, 2.45) is 0 Å². The van der Waals surface area contributed by atoms with E-state index < -0.39 is 11.9 Å². The Labute approximate surface area is 125 Å². The Morgan fingerprint density at radius 3 is 2.86 bits per heavy atom. The molecule has 0 spiro atoms. The van der Waals surface area contributed by atoms with Gasteiger partial charge in [0.25, 0.3) is 0 Å². The Kier molecular flexibility index (Phi) is 3.85. The average molecular weight is 318 g/mol. The monoisotopic (exact) mass is 318 g/mol. The molecule has 0 aromatic carbocycles. The van der Waals surface area contributed by atoms with Crippen LogP contribution in [0.2, 0.25) is 0 Å². The Hall–Kier alpha value is -1.61. The Morgan fingerprint density at radius 2 is 2.23 bits per heavy atom. The maximum Gasteiger partial charge on any atom is 0.435 e. The maximum absolute atomic E-state index is 12.5. The van der Waals surface area contributed by atoms with Crippen LogP contribution in [0.3, 0.4) is 0 Å². The fraction of sp³-hybridized carbons (Fsp3) is 0.692. The zero-order valence-corrected chi connectivity index (χ0v) is 12.1. The highest BCUT2D eigenvalue weighted by atomic mass is 19.4. The van der Waals surface area contributed by atoms with Crippen LogP contribution in [0.25, 0.3) is 0 Å². The molecule has 1 aromatic rings. The third kappa shape index (κ3) is 2.95. The zero-order valence-electron chi connectivity index (χ0n) is 12.1. The van der Waals surface area contributed by atoms with Crippen LogP contribution in [-0.2, 0) is 22.3 Å². The Morgan fingerprint density at radius 1 is 1.45 bits per heavy atom. The quantitative estimate of drug-likeness (QED) is 0.794. The molecular formula is C13H17F3N4O2. The van der Waals surface area contributed by atoms with Gasteiger partial charge in [-0.1, -0.05) is 0 Å².